The lowest BCUT2D eigenvalue weighted by Gasteiger charge is -1.82. The molecule has 0 spiro atoms. The van der Waals surface area contributed by atoms with Crippen molar-refractivity contribution in [3.8, 4) is 0 Å². The van der Waals surface area contributed by atoms with Crippen LogP contribution in [0.2, 0.25) is 0 Å². The van der Waals surface area contributed by atoms with Gasteiger partial charge in [0.15, 0.2) is 0 Å². The molecule has 17 heavy (non-hydrogen) atoms. The molecule has 0 saturated carbocycles. The Morgan fingerprint density at radius 1 is 1.24 bits per heavy atom. The van der Waals surface area contributed by atoms with Crippen molar-refractivity contribution < 1.29 is 22.1 Å². The van der Waals surface area contributed by atoms with E-state index >= 15 is 0 Å². The summed E-state index contributed by atoms with van der Waals surface area (Å²) in [6.07, 6.45) is 0. The highest BCUT2D eigenvalue weighted by atomic mass is 32.3. The van der Waals surface area contributed by atoms with Crippen LogP contribution < -0.4 is 4.57 Å². The van der Waals surface area contributed by atoms with Gasteiger partial charge in [0, 0.05) is 13.0 Å². The maximum Gasteiger partial charge on any atom is 0.394 e. The van der Waals surface area contributed by atoms with Gasteiger partial charge in [-0.3, -0.25) is 9.11 Å². The van der Waals surface area contributed by atoms with Crippen molar-refractivity contribution in [3.05, 3.63) is 29.3 Å². The van der Waals surface area contributed by atoms with Crippen LogP contribution in [0.5, 0.6) is 0 Å². The molecule has 0 saturated heterocycles. The van der Waals surface area contributed by atoms with E-state index in [4.69, 9.17) is 17.5 Å². The van der Waals surface area contributed by atoms with Crippen molar-refractivity contribution in [1.82, 2.24) is 0 Å². The summed E-state index contributed by atoms with van der Waals surface area (Å²) in [5, 5.41) is 1.35. The minimum atomic E-state index is -4.67. The zero-order chi connectivity index (χ0) is 12.3. The number of rotatable bonds is 0. The average molecular weight is 278 g/mol. The van der Waals surface area contributed by atoms with Crippen molar-refractivity contribution in [2.75, 3.05) is 0 Å². The number of aryl methyl sites for hydroxylation is 2. The second-order valence-corrected chi connectivity index (χ2v) is 5.23. The molecule has 0 aliphatic rings. The summed E-state index contributed by atoms with van der Waals surface area (Å²) in [5.74, 6) is 0. The van der Waals surface area contributed by atoms with E-state index in [0.717, 1.165) is 0 Å². The lowest BCUT2D eigenvalue weighted by atomic mass is 10.3. The fourth-order valence-electron chi connectivity index (χ4n) is 1.22. The summed E-state index contributed by atoms with van der Waals surface area (Å²) in [6.45, 7) is 2.14. The minimum absolute atomic E-state index is 0. The van der Waals surface area contributed by atoms with Crippen LogP contribution in [0, 0.1) is 6.92 Å². The molecule has 0 amide bonds. The standard InChI is InChI=1S/C9H10NS.CH4.H2O4S/c1-7-10(2)8-5-3-4-6-9(8)11-7;;1-5(2,3)4/h3-6H,1-2H3;1H4;(H2,1,2,3,4)/q+1;;. The Kier molecular flexibility index (Phi) is 5.70. The maximum absolute atomic E-state index is 8.74. The predicted octanol–water partition coefficient (Wildman–Crippen LogP) is 2.02. The molecule has 2 N–H and O–H groups in total. The lowest BCUT2D eigenvalue weighted by molar-refractivity contribution is -0.646. The van der Waals surface area contributed by atoms with Gasteiger partial charge in [-0.1, -0.05) is 30.9 Å². The van der Waals surface area contributed by atoms with Crippen LogP contribution in [0.25, 0.3) is 10.2 Å². The highest BCUT2D eigenvalue weighted by Crippen LogP contribution is 2.17. The van der Waals surface area contributed by atoms with Crippen molar-refractivity contribution in [1.29, 1.82) is 0 Å². The van der Waals surface area contributed by atoms with Gasteiger partial charge in [0.2, 0.25) is 10.5 Å². The van der Waals surface area contributed by atoms with E-state index in [-0.39, 0.29) is 7.43 Å². The van der Waals surface area contributed by atoms with E-state index in [9.17, 15) is 0 Å². The Morgan fingerprint density at radius 3 is 2.18 bits per heavy atom. The van der Waals surface area contributed by atoms with Crippen LogP contribution in [0.4, 0.5) is 0 Å². The molecule has 2 aromatic rings. The molecule has 1 heterocycles. The quantitative estimate of drug-likeness (QED) is 0.571. The van der Waals surface area contributed by atoms with Crippen molar-refractivity contribution in [2.45, 2.75) is 14.4 Å². The first-order valence-corrected chi connectivity index (χ1v) is 6.54. The first kappa shape index (κ1) is 16.0. The molecule has 0 bridgehead atoms. The van der Waals surface area contributed by atoms with Crippen molar-refractivity contribution >= 4 is 32.0 Å². The maximum atomic E-state index is 8.74. The Labute approximate surface area is 105 Å². The summed E-state index contributed by atoms with van der Waals surface area (Å²) >= 11 is 1.84. The zero-order valence-electron chi connectivity index (χ0n) is 8.78. The molecule has 0 atom stereocenters. The molecule has 5 nitrogen and oxygen atoms in total. The van der Waals surface area contributed by atoms with Crippen LogP contribution in [0.1, 0.15) is 12.4 Å². The van der Waals surface area contributed by atoms with Gasteiger partial charge in [-0.05, 0) is 6.07 Å². The number of hydrogen-bond donors (Lipinski definition) is 2. The van der Waals surface area contributed by atoms with E-state index in [1.165, 1.54) is 15.2 Å². The van der Waals surface area contributed by atoms with Gasteiger partial charge in [0.1, 0.15) is 11.7 Å². The second-order valence-electron chi connectivity index (χ2n) is 3.10. The number of thiazole rings is 1. The predicted molar refractivity (Wildman–Crippen MR) is 68.6 cm³/mol. The average Bonchev–Trinajstić information content (AvgIpc) is 2.41. The number of benzene rings is 1. The molecular weight excluding hydrogens is 262 g/mol. The summed E-state index contributed by atoms with van der Waals surface area (Å²) in [6, 6.07) is 8.47. The highest BCUT2D eigenvalue weighted by molar-refractivity contribution is 7.79. The Morgan fingerprint density at radius 2 is 1.71 bits per heavy atom. The van der Waals surface area contributed by atoms with Crippen LogP contribution >= 0.6 is 11.3 Å². The molecule has 96 valence electrons. The van der Waals surface area contributed by atoms with Gasteiger partial charge in [-0.15, -0.1) is 0 Å². The molecule has 1 aromatic carbocycles. The first-order valence-electron chi connectivity index (χ1n) is 4.33. The van der Waals surface area contributed by atoms with Gasteiger partial charge in [-0.2, -0.15) is 13.0 Å². The molecule has 0 aliphatic carbocycles. The number of para-hydroxylation sites is 1. The third-order valence-electron chi connectivity index (χ3n) is 1.96. The topological polar surface area (TPSA) is 78.5 Å². The number of fused-ring (bicyclic) bond motifs is 1. The Balaban J connectivity index is 0.000000373. The molecular formula is C10H16NO4S2+. The lowest BCUT2D eigenvalue weighted by Crippen LogP contribution is -2.28. The normalized spacial score (nSPS) is 10.4. The first-order chi connectivity index (χ1) is 7.29. The van der Waals surface area contributed by atoms with E-state index < -0.39 is 10.4 Å². The minimum Gasteiger partial charge on any atom is -0.264 e. The summed E-state index contributed by atoms with van der Waals surface area (Å²) in [7, 11) is -2.56. The van der Waals surface area contributed by atoms with E-state index in [1.54, 1.807) is 0 Å². The van der Waals surface area contributed by atoms with Crippen LogP contribution in [0.15, 0.2) is 24.3 Å². The number of aromatic nitrogens is 1. The monoisotopic (exact) mass is 278 g/mol. The molecule has 1 aromatic heterocycles. The van der Waals surface area contributed by atoms with E-state index in [1.807, 2.05) is 11.3 Å². The van der Waals surface area contributed by atoms with Crippen molar-refractivity contribution in [3.63, 3.8) is 0 Å². The third kappa shape index (κ3) is 5.22. The highest BCUT2D eigenvalue weighted by Gasteiger charge is 2.10. The summed E-state index contributed by atoms with van der Waals surface area (Å²) in [5.41, 5.74) is 1.33. The SMILES string of the molecule is C.Cc1sc2ccccc2[n+]1C.O=S(=O)(O)O. The summed E-state index contributed by atoms with van der Waals surface area (Å²) < 4.78 is 35.2. The van der Waals surface area contributed by atoms with Gasteiger partial charge >= 0.3 is 10.4 Å². The fraction of sp³-hybridized carbons (Fsp3) is 0.300. The molecule has 0 aliphatic heterocycles. The zero-order valence-corrected chi connectivity index (χ0v) is 10.4. The Bertz CT molecular complexity index is 581. The number of nitrogens with zero attached hydrogens (tertiary/aromatic N) is 1. The van der Waals surface area contributed by atoms with E-state index in [2.05, 4.69) is 42.8 Å². The van der Waals surface area contributed by atoms with Crippen LogP contribution in [-0.4, -0.2) is 17.5 Å². The number of hydrogen-bond acceptors (Lipinski definition) is 3. The largest absolute Gasteiger partial charge is 0.394 e. The molecule has 0 fully saturated rings. The fourth-order valence-corrected chi connectivity index (χ4v) is 2.23. The molecule has 0 unspecified atom stereocenters. The van der Waals surface area contributed by atoms with Gasteiger partial charge in [0.25, 0.3) is 0 Å². The molecule has 0 radical (unpaired) electrons. The van der Waals surface area contributed by atoms with Crippen molar-refractivity contribution in [2.24, 2.45) is 7.05 Å². The second kappa shape index (κ2) is 6.06. The Hall–Kier alpha value is -1.02. The van der Waals surface area contributed by atoms with E-state index in [0.29, 0.717) is 0 Å². The third-order valence-corrected chi connectivity index (χ3v) is 3.09. The van der Waals surface area contributed by atoms with Crippen LogP contribution in [-0.2, 0) is 17.4 Å². The summed E-state index contributed by atoms with van der Waals surface area (Å²) in [4.78, 5) is 0. The smallest absolute Gasteiger partial charge is 0.264 e. The van der Waals surface area contributed by atoms with Gasteiger partial charge in [-0.25, -0.2) is 0 Å². The van der Waals surface area contributed by atoms with Crippen LogP contribution in [0.3, 0.4) is 0 Å². The molecule has 2 rings (SSSR count). The van der Waals surface area contributed by atoms with Gasteiger partial charge in [0.05, 0.1) is 0 Å². The van der Waals surface area contributed by atoms with Gasteiger partial charge < -0.3 is 0 Å². The molecule has 7 heteroatoms.